The quantitative estimate of drug-likeness (QED) is 0.487. The lowest BCUT2D eigenvalue weighted by molar-refractivity contribution is -0.314. The highest BCUT2D eigenvalue weighted by Gasteiger charge is 2.72. The van der Waals surface area contributed by atoms with Gasteiger partial charge in [-0.05, 0) is 53.4 Å². The van der Waals surface area contributed by atoms with Gasteiger partial charge in [-0.2, -0.15) is 0 Å². The van der Waals surface area contributed by atoms with Crippen molar-refractivity contribution in [1.29, 1.82) is 0 Å². The first-order valence-corrected chi connectivity index (χ1v) is 12.5. The zero-order valence-corrected chi connectivity index (χ0v) is 20.5. The van der Waals surface area contributed by atoms with Gasteiger partial charge in [-0.15, -0.1) is 0 Å². The molecule has 182 valence electrons. The highest BCUT2D eigenvalue weighted by Crippen LogP contribution is 2.67. The standard InChI is InChI=1S/C29H36O5/c1-18-20-13-16-33-22(20)17-21-24(18)25(34-23(30)12-11-19-9-6-5-7-10-19)26(31)29(32)27(2,3)14-8-15-28(21,29)4/h5-7,9-13,16,18,21,24-26,31-32H,8,14-15,17H2,1-4H3/b12-11+/t18-,21-,24-,25+,26+,28+,29+/m0/s1. The summed E-state index contributed by atoms with van der Waals surface area (Å²) in [6, 6.07) is 11.6. The van der Waals surface area contributed by atoms with Crippen LogP contribution in [0.25, 0.3) is 6.08 Å². The van der Waals surface area contributed by atoms with E-state index in [1.165, 1.54) is 6.08 Å². The third-order valence-electron chi connectivity index (χ3n) is 9.52. The molecule has 2 aromatic rings. The lowest BCUT2D eigenvalue weighted by atomic mass is 9.40. The van der Waals surface area contributed by atoms with Crippen LogP contribution in [0, 0.1) is 22.7 Å². The molecule has 5 heteroatoms. The second-order valence-corrected chi connectivity index (χ2v) is 11.5. The first-order valence-electron chi connectivity index (χ1n) is 12.5. The minimum absolute atomic E-state index is 0.0185. The number of furan rings is 1. The van der Waals surface area contributed by atoms with Gasteiger partial charge in [0.05, 0.1) is 6.26 Å². The Labute approximate surface area is 201 Å². The van der Waals surface area contributed by atoms with Gasteiger partial charge in [0, 0.05) is 23.8 Å². The highest BCUT2D eigenvalue weighted by molar-refractivity contribution is 5.87. The molecule has 0 saturated heterocycles. The topological polar surface area (TPSA) is 79.9 Å². The molecule has 0 bridgehead atoms. The summed E-state index contributed by atoms with van der Waals surface area (Å²) in [5.74, 6) is 0.381. The average Bonchev–Trinajstić information content (AvgIpc) is 3.28. The van der Waals surface area contributed by atoms with Crippen molar-refractivity contribution >= 4 is 12.0 Å². The molecule has 34 heavy (non-hydrogen) atoms. The second kappa shape index (κ2) is 8.10. The maximum atomic E-state index is 13.0. The molecule has 0 amide bonds. The van der Waals surface area contributed by atoms with Gasteiger partial charge in [0.25, 0.3) is 0 Å². The third-order valence-corrected chi connectivity index (χ3v) is 9.52. The van der Waals surface area contributed by atoms with Crippen LogP contribution in [0.5, 0.6) is 0 Å². The van der Waals surface area contributed by atoms with Crippen LogP contribution in [0.1, 0.15) is 69.8 Å². The summed E-state index contributed by atoms with van der Waals surface area (Å²) < 4.78 is 11.9. The predicted molar refractivity (Wildman–Crippen MR) is 130 cm³/mol. The predicted octanol–water partition coefficient (Wildman–Crippen LogP) is 5.12. The van der Waals surface area contributed by atoms with Crippen molar-refractivity contribution in [3.05, 3.63) is 65.6 Å². The zero-order chi connectivity index (χ0) is 24.3. The Hall–Kier alpha value is -2.37. The number of hydrogen-bond donors (Lipinski definition) is 2. The van der Waals surface area contributed by atoms with E-state index < -0.39 is 34.6 Å². The number of fused-ring (bicyclic) bond motifs is 4. The molecule has 7 atom stereocenters. The smallest absolute Gasteiger partial charge is 0.331 e. The molecule has 0 aliphatic heterocycles. The largest absolute Gasteiger partial charge is 0.469 e. The van der Waals surface area contributed by atoms with Crippen molar-refractivity contribution in [2.75, 3.05) is 0 Å². The summed E-state index contributed by atoms with van der Waals surface area (Å²) in [4.78, 5) is 13.0. The van der Waals surface area contributed by atoms with E-state index in [0.29, 0.717) is 6.42 Å². The SMILES string of the molecule is C[C@H]1c2ccoc2C[C@H]2[C@H]1[C@@H](OC(=O)/C=C/c1ccccc1)[C@@H](O)[C@@]1(O)C(C)(C)CCC[C@]21C. The monoisotopic (exact) mass is 464 g/mol. The Bertz CT molecular complexity index is 1080. The van der Waals surface area contributed by atoms with Crippen LogP contribution in [0.2, 0.25) is 0 Å². The molecule has 5 nitrogen and oxygen atoms in total. The van der Waals surface area contributed by atoms with Crippen LogP contribution in [0.4, 0.5) is 0 Å². The number of hydrogen-bond acceptors (Lipinski definition) is 5. The second-order valence-electron chi connectivity index (χ2n) is 11.5. The first-order chi connectivity index (χ1) is 16.1. The molecule has 0 unspecified atom stereocenters. The van der Waals surface area contributed by atoms with E-state index in [-0.39, 0.29) is 17.8 Å². The van der Waals surface area contributed by atoms with Crippen LogP contribution in [-0.2, 0) is 16.0 Å². The van der Waals surface area contributed by atoms with Crippen LogP contribution in [-0.4, -0.2) is 34.0 Å². The summed E-state index contributed by atoms with van der Waals surface area (Å²) in [5.41, 5.74) is -0.437. The van der Waals surface area contributed by atoms with E-state index in [4.69, 9.17) is 9.15 Å². The van der Waals surface area contributed by atoms with E-state index in [1.54, 1.807) is 12.3 Å². The molecule has 5 rings (SSSR count). The molecular weight excluding hydrogens is 428 g/mol. The van der Waals surface area contributed by atoms with Crippen molar-refractivity contribution < 1.29 is 24.2 Å². The maximum Gasteiger partial charge on any atom is 0.331 e. The number of benzene rings is 1. The lowest BCUT2D eigenvalue weighted by Crippen LogP contribution is -2.76. The van der Waals surface area contributed by atoms with Crippen LogP contribution in [0.15, 0.2) is 53.2 Å². The van der Waals surface area contributed by atoms with E-state index in [0.717, 1.165) is 36.1 Å². The van der Waals surface area contributed by atoms with Gasteiger partial charge < -0.3 is 19.4 Å². The van der Waals surface area contributed by atoms with E-state index in [1.807, 2.05) is 50.2 Å². The van der Waals surface area contributed by atoms with Gasteiger partial charge >= 0.3 is 5.97 Å². The fourth-order valence-electron chi connectivity index (χ4n) is 7.73. The fraction of sp³-hybridized carbons (Fsp3) is 0.552. The molecule has 1 aromatic carbocycles. The van der Waals surface area contributed by atoms with Crippen molar-refractivity contribution in [1.82, 2.24) is 0 Å². The van der Waals surface area contributed by atoms with Crippen molar-refractivity contribution in [2.24, 2.45) is 22.7 Å². The number of aliphatic hydroxyl groups excluding tert-OH is 1. The molecule has 2 fully saturated rings. The van der Waals surface area contributed by atoms with Gasteiger partial charge in [-0.25, -0.2) is 4.79 Å². The Kier molecular flexibility index (Phi) is 5.57. The summed E-state index contributed by atoms with van der Waals surface area (Å²) in [6.07, 6.45) is 6.15. The molecule has 0 radical (unpaired) electrons. The molecule has 3 aliphatic rings. The summed E-state index contributed by atoms with van der Waals surface area (Å²) in [5, 5.41) is 24.2. The molecule has 2 N–H and O–H groups in total. The van der Waals surface area contributed by atoms with Gasteiger partial charge in [-0.3, -0.25) is 0 Å². The number of carbonyl (C=O) groups is 1. The minimum Gasteiger partial charge on any atom is -0.469 e. The van der Waals surface area contributed by atoms with Gasteiger partial charge in [-0.1, -0.05) is 64.4 Å². The van der Waals surface area contributed by atoms with E-state index in [2.05, 4.69) is 13.8 Å². The van der Waals surface area contributed by atoms with Crippen LogP contribution < -0.4 is 0 Å². The number of ether oxygens (including phenoxy) is 1. The number of esters is 1. The maximum absolute atomic E-state index is 13.0. The third kappa shape index (κ3) is 3.24. The number of rotatable bonds is 3. The minimum atomic E-state index is -1.39. The molecule has 1 aromatic heterocycles. The molecule has 0 spiro atoms. The average molecular weight is 465 g/mol. The van der Waals surface area contributed by atoms with Crippen LogP contribution in [0.3, 0.4) is 0 Å². The fourth-order valence-corrected chi connectivity index (χ4v) is 7.73. The van der Waals surface area contributed by atoms with Crippen molar-refractivity contribution in [3.63, 3.8) is 0 Å². The van der Waals surface area contributed by atoms with Gasteiger partial charge in [0.1, 0.15) is 23.6 Å². The van der Waals surface area contributed by atoms with Crippen molar-refractivity contribution in [3.8, 4) is 0 Å². The van der Waals surface area contributed by atoms with Crippen LogP contribution >= 0.6 is 0 Å². The van der Waals surface area contributed by atoms with Gasteiger partial charge in [0.15, 0.2) is 0 Å². The van der Waals surface area contributed by atoms with E-state index >= 15 is 0 Å². The van der Waals surface area contributed by atoms with Crippen molar-refractivity contribution in [2.45, 2.75) is 77.1 Å². The van der Waals surface area contributed by atoms with Gasteiger partial charge in [0.2, 0.25) is 0 Å². The Morgan fingerprint density at radius 2 is 1.88 bits per heavy atom. The Morgan fingerprint density at radius 1 is 1.15 bits per heavy atom. The normalized spacial score (nSPS) is 38.6. The lowest BCUT2D eigenvalue weighted by Gasteiger charge is -2.68. The first kappa shape index (κ1) is 23.4. The molecule has 1 heterocycles. The molecule has 3 aliphatic carbocycles. The summed E-state index contributed by atoms with van der Waals surface area (Å²) >= 11 is 0. The molecular formula is C29H36O5. The molecule has 2 saturated carbocycles. The van der Waals surface area contributed by atoms with E-state index in [9.17, 15) is 15.0 Å². The zero-order valence-electron chi connectivity index (χ0n) is 20.5. The summed E-state index contributed by atoms with van der Waals surface area (Å²) in [6.45, 7) is 8.32. The summed E-state index contributed by atoms with van der Waals surface area (Å²) in [7, 11) is 0. The Balaban J connectivity index is 1.55. The highest BCUT2D eigenvalue weighted by atomic mass is 16.6. The number of carbonyl (C=O) groups excluding carboxylic acids is 1. The number of aliphatic hydroxyl groups is 2. The Morgan fingerprint density at radius 3 is 2.62 bits per heavy atom.